The summed E-state index contributed by atoms with van der Waals surface area (Å²) in [5, 5.41) is 3.45. The monoisotopic (exact) mass is 192 g/mol. The van der Waals surface area contributed by atoms with E-state index in [2.05, 4.69) is 22.7 Å². The van der Waals surface area contributed by atoms with Crippen LogP contribution in [-0.2, 0) is 0 Å². The lowest BCUT2D eigenvalue weighted by Gasteiger charge is -2.34. The zero-order valence-corrected chi connectivity index (χ0v) is 8.33. The summed E-state index contributed by atoms with van der Waals surface area (Å²) in [5.41, 5.74) is 3.62. The Kier molecular flexibility index (Phi) is 2.54. The predicted octanol–water partition coefficient (Wildman–Crippen LogP) is 1.58. The largest absolute Gasteiger partial charge is 0.382 e. The van der Waals surface area contributed by atoms with E-state index >= 15 is 0 Å². The molecule has 0 aliphatic heterocycles. The van der Waals surface area contributed by atoms with Crippen LogP contribution in [0.5, 0.6) is 0 Å². The van der Waals surface area contributed by atoms with Crippen LogP contribution in [0.25, 0.3) is 0 Å². The standard InChI is InChI=1S/C10H16N4/c1-7-4-9(5-7)13-8-2-3-12-10(6-8)14-11/h2-3,6-7,9H,4-5,11H2,1H3,(H2,12,13,14). The maximum absolute atomic E-state index is 5.28. The summed E-state index contributed by atoms with van der Waals surface area (Å²) in [4.78, 5) is 4.05. The van der Waals surface area contributed by atoms with Crippen LogP contribution in [0.3, 0.4) is 0 Å². The van der Waals surface area contributed by atoms with Gasteiger partial charge in [-0.25, -0.2) is 10.8 Å². The van der Waals surface area contributed by atoms with E-state index in [0.29, 0.717) is 11.9 Å². The highest BCUT2D eigenvalue weighted by Gasteiger charge is 2.24. The summed E-state index contributed by atoms with van der Waals surface area (Å²) in [7, 11) is 0. The Labute approximate surface area is 83.9 Å². The molecule has 0 unspecified atom stereocenters. The first-order valence-electron chi connectivity index (χ1n) is 4.97. The number of anilines is 2. The second kappa shape index (κ2) is 3.84. The van der Waals surface area contributed by atoms with Gasteiger partial charge in [0, 0.05) is 24.0 Å². The van der Waals surface area contributed by atoms with Gasteiger partial charge in [-0.1, -0.05) is 6.92 Å². The number of nitrogens with zero attached hydrogens (tertiary/aromatic N) is 1. The van der Waals surface area contributed by atoms with Gasteiger partial charge in [-0.05, 0) is 24.8 Å². The molecule has 0 spiro atoms. The molecule has 0 saturated heterocycles. The van der Waals surface area contributed by atoms with Gasteiger partial charge in [0.05, 0.1) is 0 Å². The third kappa shape index (κ3) is 1.96. The van der Waals surface area contributed by atoms with Crippen molar-refractivity contribution in [1.82, 2.24) is 4.98 Å². The molecule has 0 aromatic carbocycles. The Hall–Kier alpha value is -1.29. The fourth-order valence-corrected chi connectivity index (χ4v) is 1.86. The van der Waals surface area contributed by atoms with E-state index in [-0.39, 0.29) is 0 Å². The zero-order chi connectivity index (χ0) is 9.97. The number of pyridine rings is 1. The van der Waals surface area contributed by atoms with Crippen molar-refractivity contribution in [3.63, 3.8) is 0 Å². The van der Waals surface area contributed by atoms with Gasteiger partial charge in [0.25, 0.3) is 0 Å². The molecule has 1 aromatic rings. The van der Waals surface area contributed by atoms with Crippen LogP contribution in [-0.4, -0.2) is 11.0 Å². The molecular formula is C10H16N4. The molecular weight excluding hydrogens is 176 g/mol. The van der Waals surface area contributed by atoms with Crippen molar-refractivity contribution < 1.29 is 0 Å². The Morgan fingerprint density at radius 1 is 1.50 bits per heavy atom. The number of aromatic nitrogens is 1. The van der Waals surface area contributed by atoms with Crippen molar-refractivity contribution in [3.8, 4) is 0 Å². The first kappa shape index (κ1) is 9.27. The Balaban J connectivity index is 1.95. The molecule has 0 bridgehead atoms. The van der Waals surface area contributed by atoms with Crippen LogP contribution in [0.2, 0.25) is 0 Å². The lowest BCUT2D eigenvalue weighted by molar-refractivity contribution is 0.309. The summed E-state index contributed by atoms with van der Waals surface area (Å²) in [6.07, 6.45) is 4.26. The van der Waals surface area contributed by atoms with E-state index in [1.54, 1.807) is 6.20 Å². The molecule has 1 saturated carbocycles. The third-order valence-electron chi connectivity index (χ3n) is 2.65. The zero-order valence-electron chi connectivity index (χ0n) is 8.33. The van der Waals surface area contributed by atoms with Gasteiger partial charge in [0.1, 0.15) is 5.82 Å². The van der Waals surface area contributed by atoms with Gasteiger partial charge in [-0.15, -0.1) is 0 Å². The summed E-state index contributed by atoms with van der Waals surface area (Å²) in [6.45, 7) is 2.28. The van der Waals surface area contributed by atoms with Crippen LogP contribution in [0, 0.1) is 5.92 Å². The fourth-order valence-electron chi connectivity index (χ4n) is 1.86. The quantitative estimate of drug-likeness (QED) is 0.502. The summed E-state index contributed by atoms with van der Waals surface area (Å²) in [5.74, 6) is 6.84. The predicted molar refractivity (Wildman–Crippen MR) is 57.9 cm³/mol. The van der Waals surface area contributed by atoms with Gasteiger partial charge in [0.15, 0.2) is 0 Å². The molecule has 1 aliphatic rings. The summed E-state index contributed by atoms with van der Waals surface area (Å²) >= 11 is 0. The van der Waals surface area contributed by atoms with Gasteiger partial charge >= 0.3 is 0 Å². The Morgan fingerprint density at radius 2 is 2.29 bits per heavy atom. The number of nitrogen functional groups attached to an aromatic ring is 1. The number of hydrogen-bond donors (Lipinski definition) is 3. The smallest absolute Gasteiger partial charge is 0.141 e. The lowest BCUT2D eigenvalue weighted by atomic mass is 9.82. The van der Waals surface area contributed by atoms with Crippen LogP contribution >= 0.6 is 0 Å². The lowest BCUT2D eigenvalue weighted by Crippen LogP contribution is -2.33. The molecule has 0 amide bonds. The first-order chi connectivity index (χ1) is 6.78. The third-order valence-corrected chi connectivity index (χ3v) is 2.65. The van der Waals surface area contributed by atoms with E-state index in [9.17, 15) is 0 Å². The number of hydrazine groups is 1. The van der Waals surface area contributed by atoms with E-state index in [4.69, 9.17) is 5.84 Å². The second-order valence-electron chi connectivity index (χ2n) is 3.99. The Morgan fingerprint density at radius 3 is 2.93 bits per heavy atom. The van der Waals surface area contributed by atoms with Crippen molar-refractivity contribution in [3.05, 3.63) is 18.3 Å². The molecule has 4 nitrogen and oxygen atoms in total. The van der Waals surface area contributed by atoms with Crippen molar-refractivity contribution >= 4 is 11.5 Å². The normalized spacial score (nSPS) is 25.3. The minimum absolute atomic E-state index is 0.623. The molecule has 14 heavy (non-hydrogen) atoms. The van der Waals surface area contributed by atoms with Crippen LogP contribution in [0.1, 0.15) is 19.8 Å². The molecule has 4 heteroatoms. The van der Waals surface area contributed by atoms with Crippen LogP contribution in [0.15, 0.2) is 18.3 Å². The summed E-state index contributed by atoms with van der Waals surface area (Å²) < 4.78 is 0. The molecule has 76 valence electrons. The number of nitrogens with two attached hydrogens (primary N) is 1. The molecule has 1 aromatic heterocycles. The van der Waals surface area contributed by atoms with Gasteiger partial charge in [-0.3, -0.25) is 0 Å². The van der Waals surface area contributed by atoms with Crippen molar-refractivity contribution in [2.24, 2.45) is 11.8 Å². The summed E-state index contributed by atoms with van der Waals surface area (Å²) in [6, 6.07) is 4.50. The van der Waals surface area contributed by atoms with Crippen molar-refractivity contribution in [2.45, 2.75) is 25.8 Å². The molecule has 0 radical (unpaired) electrons. The molecule has 4 N–H and O–H groups in total. The maximum Gasteiger partial charge on any atom is 0.141 e. The second-order valence-corrected chi connectivity index (χ2v) is 3.99. The average Bonchev–Trinajstić information content (AvgIpc) is 2.16. The highest BCUT2D eigenvalue weighted by Crippen LogP contribution is 2.29. The van der Waals surface area contributed by atoms with E-state index < -0.39 is 0 Å². The van der Waals surface area contributed by atoms with E-state index in [0.717, 1.165) is 11.6 Å². The van der Waals surface area contributed by atoms with Crippen molar-refractivity contribution in [1.29, 1.82) is 0 Å². The molecule has 1 heterocycles. The number of hydrogen-bond acceptors (Lipinski definition) is 4. The van der Waals surface area contributed by atoms with E-state index in [1.807, 2.05) is 12.1 Å². The molecule has 1 aliphatic carbocycles. The van der Waals surface area contributed by atoms with Gasteiger partial charge in [0.2, 0.25) is 0 Å². The van der Waals surface area contributed by atoms with Gasteiger partial charge < -0.3 is 10.7 Å². The average molecular weight is 192 g/mol. The highest BCUT2D eigenvalue weighted by molar-refractivity contribution is 5.52. The minimum atomic E-state index is 0.623. The van der Waals surface area contributed by atoms with Crippen molar-refractivity contribution in [2.75, 3.05) is 10.7 Å². The fraction of sp³-hybridized carbons (Fsp3) is 0.500. The highest BCUT2D eigenvalue weighted by atomic mass is 15.2. The Bertz CT molecular complexity index is 307. The SMILES string of the molecule is CC1CC(Nc2ccnc(NN)c2)C1. The maximum atomic E-state index is 5.28. The van der Waals surface area contributed by atoms with Crippen LogP contribution in [0.4, 0.5) is 11.5 Å². The molecule has 2 rings (SSSR count). The topological polar surface area (TPSA) is 63.0 Å². The van der Waals surface area contributed by atoms with Gasteiger partial charge in [-0.2, -0.15) is 0 Å². The number of nitrogens with one attached hydrogen (secondary N) is 2. The first-order valence-corrected chi connectivity index (χ1v) is 4.97. The van der Waals surface area contributed by atoms with E-state index in [1.165, 1.54) is 12.8 Å². The number of rotatable bonds is 3. The molecule has 0 atom stereocenters. The minimum Gasteiger partial charge on any atom is -0.382 e. The molecule has 1 fully saturated rings. The van der Waals surface area contributed by atoms with Crippen LogP contribution < -0.4 is 16.6 Å².